The lowest BCUT2D eigenvalue weighted by Crippen LogP contribution is -2.23. The van der Waals surface area contributed by atoms with Crippen molar-refractivity contribution in [2.45, 2.75) is 118 Å². The summed E-state index contributed by atoms with van der Waals surface area (Å²) in [4.78, 5) is 26.1. The Bertz CT molecular complexity index is 541. The second kappa shape index (κ2) is 16.3. The molecule has 0 atom stereocenters. The molecule has 0 amide bonds. The Kier molecular flexibility index (Phi) is 14.6. The van der Waals surface area contributed by atoms with Gasteiger partial charge in [-0.25, -0.2) is 9.59 Å². The van der Waals surface area contributed by atoms with Gasteiger partial charge in [-0.3, -0.25) is 0 Å². The third-order valence-electron chi connectivity index (χ3n) is 5.93. The number of carbonyl (C=O) groups is 2. The molecule has 0 saturated heterocycles. The predicted octanol–water partition coefficient (Wildman–Crippen LogP) is 7.40. The second-order valence-electron chi connectivity index (χ2n) is 10.1. The van der Waals surface area contributed by atoms with E-state index in [4.69, 9.17) is 9.47 Å². The Morgan fingerprint density at radius 2 is 1.23 bits per heavy atom. The van der Waals surface area contributed by atoms with E-state index >= 15 is 0 Å². The van der Waals surface area contributed by atoms with Crippen molar-refractivity contribution in [2.24, 2.45) is 17.8 Å². The average molecular weight is 437 g/mol. The minimum absolute atomic E-state index is 0.135. The van der Waals surface area contributed by atoms with Crippen molar-refractivity contribution >= 4 is 11.9 Å². The normalized spacial score (nSPS) is 15.5. The molecular weight excluding hydrogens is 388 g/mol. The van der Waals surface area contributed by atoms with Crippen molar-refractivity contribution in [3.63, 3.8) is 0 Å². The molecule has 1 rings (SSSR count). The van der Waals surface area contributed by atoms with Crippen LogP contribution in [0.25, 0.3) is 0 Å². The van der Waals surface area contributed by atoms with Crippen molar-refractivity contribution in [3.05, 3.63) is 11.1 Å². The molecule has 31 heavy (non-hydrogen) atoms. The van der Waals surface area contributed by atoms with Crippen LogP contribution < -0.4 is 0 Å². The zero-order valence-electron chi connectivity index (χ0n) is 21.0. The van der Waals surface area contributed by atoms with Crippen LogP contribution >= 0.6 is 0 Å². The van der Waals surface area contributed by atoms with Crippen molar-refractivity contribution in [3.8, 4) is 0 Å². The second-order valence-corrected chi connectivity index (χ2v) is 10.1. The number of unbranched alkanes of at least 4 members (excludes halogenated alkanes) is 7. The molecule has 0 aliphatic heterocycles. The molecule has 1 aliphatic carbocycles. The van der Waals surface area contributed by atoms with E-state index in [0.717, 1.165) is 38.5 Å². The molecule has 0 unspecified atom stereocenters. The van der Waals surface area contributed by atoms with Crippen LogP contribution in [0.5, 0.6) is 0 Å². The minimum atomic E-state index is -0.306. The number of rotatable bonds is 16. The summed E-state index contributed by atoms with van der Waals surface area (Å²) in [6, 6.07) is 0. The number of hydrogen-bond donors (Lipinski definition) is 0. The molecule has 4 heteroatoms. The summed E-state index contributed by atoms with van der Waals surface area (Å²) in [5.41, 5.74) is 1.21. The van der Waals surface area contributed by atoms with Gasteiger partial charge in [0, 0.05) is 5.57 Å². The zero-order valence-corrected chi connectivity index (χ0v) is 21.0. The van der Waals surface area contributed by atoms with Crippen LogP contribution in [-0.2, 0) is 19.1 Å². The lowest BCUT2D eigenvalue weighted by Gasteiger charge is -2.20. The first-order chi connectivity index (χ1) is 14.9. The Morgan fingerprint density at radius 1 is 0.742 bits per heavy atom. The van der Waals surface area contributed by atoms with Crippen LogP contribution in [0.4, 0.5) is 0 Å². The highest BCUT2D eigenvalue weighted by molar-refractivity contribution is 6.00. The average Bonchev–Trinajstić information content (AvgIpc) is 3.25. The number of esters is 2. The summed E-state index contributed by atoms with van der Waals surface area (Å²) in [5, 5.41) is 0. The topological polar surface area (TPSA) is 52.6 Å². The van der Waals surface area contributed by atoms with E-state index in [1.165, 1.54) is 38.5 Å². The predicted molar refractivity (Wildman–Crippen MR) is 128 cm³/mol. The van der Waals surface area contributed by atoms with Gasteiger partial charge in [0.05, 0.1) is 18.8 Å². The SMILES string of the molecule is CCCCCCCCCC/C(C(=O)OCC(C)C)=C(/C(=O)OCC(C)C)C1CCCC1. The van der Waals surface area contributed by atoms with E-state index in [1.807, 2.05) is 27.7 Å². The summed E-state index contributed by atoms with van der Waals surface area (Å²) >= 11 is 0. The van der Waals surface area contributed by atoms with Crippen LogP contribution in [0.15, 0.2) is 11.1 Å². The lowest BCUT2D eigenvalue weighted by molar-refractivity contribution is -0.144. The van der Waals surface area contributed by atoms with Crippen molar-refractivity contribution < 1.29 is 19.1 Å². The molecule has 0 aromatic rings. The molecule has 0 aromatic heterocycles. The Hall–Kier alpha value is -1.32. The third kappa shape index (κ3) is 11.8. The van der Waals surface area contributed by atoms with E-state index in [-0.39, 0.29) is 29.7 Å². The van der Waals surface area contributed by atoms with E-state index in [1.54, 1.807) is 0 Å². The molecule has 180 valence electrons. The molecule has 1 aliphatic rings. The summed E-state index contributed by atoms with van der Waals surface area (Å²) in [7, 11) is 0. The maximum Gasteiger partial charge on any atom is 0.334 e. The molecule has 1 fully saturated rings. The van der Waals surface area contributed by atoms with E-state index in [9.17, 15) is 9.59 Å². The van der Waals surface area contributed by atoms with Crippen LogP contribution in [0.3, 0.4) is 0 Å². The van der Waals surface area contributed by atoms with Crippen LogP contribution in [0.1, 0.15) is 118 Å². The van der Waals surface area contributed by atoms with Gasteiger partial charge in [-0.05, 0) is 43.4 Å². The smallest absolute Gasteiger partial charge is 0.334 e. The highest BCUT2D eigenvalue weighted by Crippen LogP contribution is 2.35. The molecule has 4 nitrogen and oxygen atoms in total. The van der Waals surface area contributed by atoms with Gasteiger partial charge in [-0.15, -0.1) is 0 Å². The van der Waals surface area contributed by atoms with E-state index < -0.39 is 0 Å². The summed E-state index contributed by atoms with van der Waals surface area (Å²) in [6.07, 6.45) is 14.4. The zero-order chi connectivity index (χ0) is 23.1. The molecule has 0 radical (unpaired) electrons. The van der Waals surface area contributed by atoms with E-state index in [2.05, 4.69) is 6.92 Å². The maximum absolute atomic E-state index is 13.1. The van der Waals surface area contributed by atoms with Gasteiger partial charge in [0.1, 0.15) is 0 Å². The molecule has 0 aromatic carbocycles. The minimum Gasteiger partial charge on any atom is -0.462 e. The molecule has 0 spiro atoms. The first-order valence-corrected chi connectivity index (χ1v) is 12.9. The van der Waals surface area contributed by atoms with E-state index in [0.29, 0.717) is 30.8 Å². The lowest BCUT2D eigenvalue weighted by atomic mass is 9.90. The van der Waals surface area contributed by atoms with Gasteiger partial charge in [-0.1, -0.05) is 92.4 Å². The summed E-state index contributed by atoms with van der Waals surface area (Å²) < 4.78 is 11.2. The highest BCUT2D eigenvalue weighted by Gasteiger charge is 2.32. The number of ether oxygens (including phenoxy) is 2. The first-order valence-electron chi connectivity index (χ1n) is 12.9. The van der Waals surface area contributed by atoms with Crippen molar-refractivity contribution in [1.29, 1.82) is 0 Å². The van der Waals surface area contributed by atoms with Gasteiger partial charge in [0.15, 0.2) is 0 Å². The molecule has 0 heterocycles. The van der Waals surface area contributed by atoms with Gasteiger partial charge >= 0.3 is 11.9 Å². The molecule has 1 saturated carbocycles. The fraction of sp³-hybridized carbons (Fsp3) is 0.852. The van der Waals surface area contributed by atoms with Crippen LogP contribution in [0, 0.1) is 17.8 Å². The molecule has 0 N–H and O–H groups in total. The van der Waals surface area contributed by atoms with Gasteiger partial charge in [-0.2, -0.15) is 0 Å². The standard InChI is InChI=1S/C27H48O4/c1-6-7-8-9-10-11-12-13-18-24(26(28)30-19-21(2)3)25(23-16-14-15-17-23)27(29)31-20-22(4)5/h21-23H,6-20H2,1-5H3/b25-24-. The fourth-order valence-electron chi connectivity index (χ4n) is 4.18. The maximum atomic E-state index is 13.1. The third-order valence-corrected chi connectivity index (χ3v) is 5.93. The summed E-state index contributed by atoms with van der Waals surface area (Å²) in [5.74, 6) is 0.0842. The van der Waals surface area contributed by atoms with Gasteiger partial charge < -0.3 is 9.47 Å². The summed E-state index contributed by atoms with van der Waals surface area (Å²) in [6.45, 7) is 11.1. The highest BCUT2D eigenvalue weighted by atomic mass is 16.5. The Balaban J connectivity index is 2.88. The van der Waals surface area contributed by atoms with Crippen LogP contribution in [-0.4, -0.2) is 25.2 Å². The number of carbonyl (C=O) groups excluding carboxylic acids is 2. The fourth-order valence-corrected chi connectivity index (χ4v) is 4.18. The van der Waals surface area contributed by atoms with Crippen molar-refractivity contribution in [2.75, 3.05) is 13.2 Å². The Labute approximate surface area is 191 Å². The molecular formula is C27H48O4. The first kappa shape index (κ1) is 27.7. The quantitative estimate of drug-likeness (QED) is 0.144. The molecule has 0 bridgehead atoms. The monoisotopic (exact) mass is 436 g/mol. The van der Waals surface area contributed by atoms with Gasteiger partial charge in [0.25, 0.3) is 0 Å². The Morgan fingerprint density at radius 3 is 1.74 bits per heavy atom. The number of hydrogen-bond acceptors (Lipinski definition) is 4. The van der Waals surface area contributed by atoms with Gasteiger partial charge in [0.2, 0.25) is 0 Å². The largest absolute Gasteiger partial charge is 0.462 e. The van der Waals surface area contributed by atoms with Crippen molar-refractivity contribution in [1.82, 2.24) is 0 Å². The van der Waals surface area contributed by atoms with Crippen LogP contribution in [0.2, 0.25) is 0 Å².